The van der Waals surface area contributed by atoms with Gasteiger partial charge in [-0.3, -0.25) is 9.59 Å². The summed E-state index contributed by atoms with van der Waals surface area (Å²) in [5.41, 5.74) is 2.52. The molecule has 2 aromatic carbocycles. The third kappa shape index (κ3) is 4.19. The zero-order valence-electron chi connectivity index (χ0n) is 17.0. The van der Waals surface area contributed by atoms with Crippen LogP contribution in [0.2, 0.25) is 5.02 Å². The van der Waals surface area contributed by atoms with E-state index in [1.54, 1.807) is 14.2 Å². The lowest BCUT2D eigenvalue weighted by Gasteiger charge is -2.25. The van der Waals surface area contributed by atoms with Crippen molar-refractivity contribution >= 4 is 29.1 Å². The fourth-order valence-corrected chi connectivity index (χ4v) is 3.92. The number of amides is 2. The molecule has 0 saturated heterocycles. The van der Waals surface area contributed by atoms with Crippen molar-refractivity contribution in [3.63, 3.8) is 0 Å². The number of benzene rings is 2. The highest BCUT2D eigenvalue weighted by atomic mass is 35.5. The normalized spacial score (nSPS) is 18.2. The van der Waals surface area contributed by atoms with Crippen LogP contribution in [0.1, 0.15) is 36.4 Å². The lowest BCUT2D eigenvalue weighted by Crippen LogP contribution is -2.39. The monoisotopic (exact) mass is 425 g/mol. The molecular formula is C23H24ClN3O3. The number of hydrogen-bond donors (Lipinski definition) is 0. The second-order valence-corrected chi connectivity index (χ2v) is 8.13. The van der Waals surface area contributed by atoms with Crippen LogP contribution >= 0.6 is 11.6 Å². The third-order valence-electron chi connectivity index (χ3n) is 5.53. The Morgan fingerprint density at radius 1 is 1.17 bits per heavy atom. The highest BCUT2D eigenvalue weighted by Gasteiger charge is 2.36. The molecule has 4 rings (SSSR count). The van der Waals surface area contributed by atoms with Gasteiger partial charge in [-0.2, -0.15) is 5.10 Å². The van der Waals surface area contributed by atoms with Crippen molar-refractivity contribution in [1.82, 2.24) is 9.91 Å². The number of ether oxygens (including phenoxy) is 1. The number of halogens is 1. The Kier molecular flexibility index (Phi) is 5.77. The highest BCUT2D eigenvalue weighted by Crippen LogP contribution is 2.35. The van der Waals surface area contributed by atoms with Crippen molar-refractivity contribution in [3.05, 3.63) is 64.7 Å². The van der Waals surface area contributed by atoms with Crippen molar-refractivity contribution in [2.75, 3.05) is 20.7 Å². The van der Waals surface area contributed by atoms with E-state index in [-0.39, 0.29) is 30.3 Å². The molecule has 1 atom stereocenters. The van der Waals surface area contributed by atoms with Gasteiger partial charge in [-0.1, -0.05) is 41.9 Å². The van der Waals surface area contributed by atoms with E-state index in [1.165, 1.54) is 9.91 Å². The molecule has 6 nitrogen and oxygen atoms in total. The smallest absolute Gasteiger partial charge is 0.262 e. The van der Waals surface area contributed by atoms with Crippen molar-refractivity contribution in [3.8, 4) is 5.75 Å². The molecule has 0 radical (unpaired) electrons. The average Bonchev–Trinajstić information content (AvgIpc) is 3.51. The van der Waals surface area contributed by atoms with Crippen LogP contribution < -0.4 is 4.74 Å². The molecule has 0 N–H and O–H groups in total. The van der Waals surface area contributed by atoms with Gasteiger partial charge in [0.15, 0.2) is 0 Å². The first-order valence-electron chi connectivity index (χ1n) is 10.0. The molecule has 156 valence electrons. The van der Waals surface area contributed by atoms with Crippen LogP contribution in [0, 0.1) is 5.92 Å². The predicted molar refractivity (Wildman–Crippen MR) is 116 cm³/mol. The largest absolute Gasteiger partial charge is 0.497 e. The molecule has 1 heterocycles. The lowest BCUT2D eigenvalue weighted by atomic mass is 9.98. The number of methoxy groups -OCH3 is 1. The van der Waals surface area contributed by atoms with Gasteiger partial charge >= 0.3 is 0 Å². The van der Waals surface area contributed by atoms with E-state index in [2.05, 4.69) is 5.10 Å². The van der Waals surface area contributed by atoms with Crippen molar-refractivity contribution < 1.29 is 14.3 Å². The van der Waals surface area contributed by atoms with Crippen molar-refractivity contribution in [2.24, 2.45) is 11.0 Å². The summed E-state index contributed by atoms with van der Waals surface area (Å²) in [7, 11) is 3.29. The van der Waals surface area contributed by atoms with Crippen molar-refractivity contribution in [1.29, 1.82) is 0 Å². The maximum atomic E-state index is 13.1. The molecule has 1 aliphatic carbocycles. The van der Waals surface area contributed by atoms with Crippen LogP contribution in [0.3, 0.4) is 0 Å². The van der Waals surface area contributed by atoms with Crippen LogP contribution in [-0.2, 0) is 9.59 Å². The van der Waals surface area contributed by atoms with E-state index in [1.807, 2.05) is 48.5 Å². The fraction of sp³-hybridized carbons (Fsp3) is 0.348. The molecule has 1 fully saturated rings. The van der Waals surface area contributed by atoms with Crippen LogP contribution in [0.5, 0.6) is 5.75 Å². The Morgan fingerprint density at radius 2 is 1.87 bits per heavy atom. The minimum absolute atomic E-state index is 0.00128. The molecule has 0 aromatic heterocycles. The van der Waals surface area contributed by atoms with E-state index in [0.29, 0.717) is 11.4 Å². The highest BCUT2D eigenvalue weighted by molar-refractivity contribution is 6.34. The van der Waals surface area contributed by atoms with Gasteiger partial charge in [-0.15, -0.1) is 0 Å². The second-order valence-electron chi connectivity index (χ2n) is 7.73. The minimum atomic E-state index is -0.265. The summed E-state index contributed by atoms with van der Waals surface area (Å²) in [6, 6.07) is 14.8. The average molecular weight is 426 g/mol. The Labute approximate surface area is 181 Å². The van der Waals surface area contributed by atoms with Gasteiger partial charge in [0.25, 0.3) is 5.91 Å². The van der Waals surface area contributed by atoms with Crippen molar-refractivity contribution in [2.45, 2.75) is 25.3 Å². The lowest BCUT2D eigenvalue weighted by molar-refractivity contribution is -0.141. The van der Waals surface area contributed by atoms with Gasteiger partial charge in [0, 0.05) is 30.0 Å². The maximum absolute atomic E-state index is 13.1. The van der Waals surface area contributed by atoms with E-state index < -0.39 is 0 Å². The Hall–Kier alpha value is -2.86. The first-order chi connectivity index (χ1) is 14.5. The summed E-state index contributed by atoms with van der Waals surface area (Å²) >= 11 is 6.38. The number of nitrogens with zero attached hydrogens (tertiary/aromatic N) is 3. The number of hydrazone groups is 1. The summed E-state index contributed by atoms with van der Waals surface area (Å²) in [6.07, 6.45) is 2.36. The molecule has 30 heavy (non-hydrogen) atoms. The van der Waals surface area contributed by atoms with Gasteiger partial charge in [-0.05, 0) is 36.6 Å². The van der Waals surface area contributed by atoms with E-state index in [0.717, 1.165) is 35.4 Å². The molecule has 0 spiro atoms. The van der Waals surface area contributed by atoms with Gasteiger partial charge in [0.05, 0.1) is 18.9 Å². The number of hydrogen-bond acceptors (Lipinski definition) is 4. The van der Waals surface area contributed by atoms with Gasteiger partial charge in [0.2, 0.25) is 5.91 Å². The molecule has 1 saturated carbocycles. The molecule has 2 amide bonds. The molecule has 0 bridgehead atoms. The number of rotatable bonds is 6. The van der Waals surface area contributed by atoms with Crippen LogP contribution in [-0.4, -0.2) is 48.1 Å². The topological polar surface area (TPSA) is 62.2 Å². The van der Waals surface area contributed by atoms with Gasteiger partial charge < -0.3 is 9.64 Å². The summed E-state index contributed by atoms with van der Waals surface area (Å²) in [6.45, 7) is 0.00128. The summed E-state index contributed by atoms with van der Waals surface area (Å²) in [5.74, 6) is 0.630. The van der Waals surface area contributed by atoms with Crippen LogP contribution in [0.4, 0.5) is 0 Å². The second kappa shape index (κ2) is 8.48. The molecule has 2 aliphatic rings. The first kappa shape index (κ1) is 20.4. The van der Waals surface area contributed by atoms with Gasteiger partial charge in [-0.25, -0.2) is 5.01 Å². The third-order valence-corrected chi connectivity index (χ3v) is 5.86. The Morgan fingerprint density at radius 3 is 2.50 bits per heavy atom. The van der Waals surface area contributed by atoms with E-state index in [9.17, 15) is 9.59 Å². The van der Waals surface area contributed by atoms with E-state index >= 15 is 0 Å². The zero-order chi connectivity index (χ0) is 21.3. The molecule has 1 aliphatic heterocycles. The molecule has 0 unspecified atom stereocenters. The van der Waals surface area contributed by atoms with Gasteiger partial charge in [0.1, 0.15) is 12.3 Å². The maximum Gasteiger partial charge on any atom is 0.262 e. The zero-order valence-corrected chi connectivity index (χ0v) is 17.8. The summed E-state index contributed by atoms with van der Waals surface area (Å²) in [4.78, 5) is 26.9. The Balaban J connectivity index is 1.61. The van der Waals surface area contributed by atoms with E-state index in [4.69, 9.17) is 16.3 Å². The number of carbonyl (C=O) groups is 2. The number of carbonyl (C=O) groups excluding carboxylic acids is 2. The SMILES string of the molecule is COc1ccc([C@@H]2CC(c3ccccc3Cl)=NN2C(=O)CN(C)C(=O)C2CC2)cc1. The fourth-order valence-electron chi connectivity index (χ4n) is 3.68. The molecular weight excluding hydrogens is 402 g/mol. The quantitative estimate of drug-likeness (QED) is 0.705. The summed E-state index contributed by atoms with van der Waals surface area (Å²) < 4.78 is 5.25. The number of likely N-dealkylation sites (N-methyl/N-ethyl adjacent to an activating group) is 1. The van der Waals surface area contributed by atoms with Crippen LogP contribution in [0.15, 0.2) is 53.6 Å². The molecule has 7 heteroatoms. The predicted octanol–water partition coefficient (Wildman–Crippen LogP) is 3.89. The minimum Gasteiger partial charge on any atom is -0.497 e. The molecule has 2 aromatic rings. The van der Waals surface area contributed by atoms with Crippen LogP contribution in [0.25, 0.3) is 0 Å². The standard InChI is InChI=1S/C23H24ClN3O3/c1-26(23(29)16-7-8-16)14-22(28)27-21(15-9-11-17(30-2)12-10-15)13-20(25-27)18-5-3-4-6-19(18)24/h3-6,9-12,16,21H,7-8,13-14H2,1-2H3/t21-/m0/s1. The Bertz CT molecular complexity index is 985. The summed E-state index contributed by atoms with van der Waals surface area (Å²) in [5, 5.41) is 6.73. The first-order valence-corrected chi connectivity index (χ1v) is 10.4.